The number of rotatable bonds is 6. The van der Waals surface area contributed by atoms with Crippen LogP contribution in [-0.2, 0) is 11.3 Å². The van der Waals surface area contributed by atoms with Gasteiger partial charge in [-0.25, -0.2) is 0 Å². The number of halogens is 1. The number of anilines is 1. The highest BCUT2D eigenvalue weighted by molar-refractivity contribution is 6.04. The first-order valence-corrected chi connectivity index (χ1v) is 7.95. The number of carbonyl (C=O) groups is 2. The Bertz CT molecular complexity index is 717. The maximum absolute atomic E-state index is 12.4. The number of nitrogens with one attached hydrogen (secondary N) is 2. The molecule has 4 N–H and O–H groups in total. The van der Waals surface area contributed by atoms with Crippen molar-refractivity contribution >= 4 is 29.9 Å². The molecule has 134 valence electrons. The van der Waals surface area contributed by atoms with Crippen molar-refractivity contribution in [2.75, 3.05) is 11.9 Å². The van der Waals surface area contributed by atoms with E-state index in [4.69, 9.17) is 5.73 Å². The molecule has 0 heterocycles. The van der Waals surface area contributed by atoms with E-state index in [2.05, 4.69) is 10.6 Å². The molecule has 2 rings (SSSR count). The van der Waals surface area contributed by atoms with Crippen molar-refractivity contribution in [2.45, 2.75) is 20.4 Å². The van der Waals surface area contributed by atoms with E-state index in [1.54, 1.807) is 31.2 Å². The predicted molar refractivity (Wildman–Crippen MR) is 103 cm³/mol. The molecular weight excluding hydrogens is 338 g/mol. The minimum Gasteiger partial charge on any atom is -0.348 e. The Morgan fingerprint density at radius 2 is 1.72 bits per heavy atom. The van der Waals surface area contributed by atoms with Crippen LogP contribution in [0.1, 0.15) is 28.4 Å². The first kappa shape index (κ1) is 20.7. The molecule has 2 aromatic carbocycles. The van der Waals surface area contributed by atoms with Crippen LogP contribution in [0.15, 0.2) is 48.5 Å². The molecule has 0 saturated heterocycles. The van der Waals surface area contributed by atoms with E-state index in [1.807, 2.05) is 31.2 Å². The van der Waals surface area contributed by atoms with Crippen molar-refractivity contribution in [1.82, 2.24) is 5.32 Å². The van der Waals surface area contributed by atoms with Crippen molar-refractivity contribution in [3.63, 3.8) is 0 Å². The van der Waals surface area contributed by atoms with Crippen LogP contribution >= 0.6 is 12.4 Å². The monoisotopic (exact) mass is 361 g/mol. The number of para-hydroxylation sites is 1. The van der Waals surface area contributed by atoms with Gasteiger partial charge in [-0.2, -0.15) is 0 Å². The highest BCUT2D eigenvalue weighted by Crippen LogP contribution is 2.16. The Balaban J connectivity index is 0.00000312. The molecule has 5 nitrogen and oxygen atoms in total. The van der Waals surface area contributed by atoms with Gasteiger partial charge in [0.1, 0.15) is 0 Å². The van der Waals surface area contributed by atoms with Gasteiger partial charge in [0.15, 0.2) is 0 Å². The van der Waals surface area contributed by atoms with Crippen molar-refractivity contribution in [3.8, 4) is 0 Å². The molecule has 0 aliphatic rings. The molecule has 0 bridgehead atoms. The lowest BCUT2D eigenvalue weighted by molar-refractivity contribution is -0.119. The summed E-state index contributed by atoms with van der Waals surface area (Å²) in [6, 6.07) is 14.9. The summed E-state index contributed by atoms with van der Waals surface area (Å²) in [6.07, 6.45) is 0. The van der Waals surface area contributed by atoms with Gasteiger partial charge in [0, 0.05) is 19.0 Å². The summed E-state index contributed by atoms with van der Waals surface area (Å²) < 4.78 is 0. The van der Waals surface area contributed by atoms with E-state index in [1.165, 1.54) is 5.56 Å². The molecular formula is C19H24ClN3O2. The second-order valence-corrected chi connectivity index (χ2v) is 5.84. The Hall–Kier alpha value is -2.37. The lowest BCUT2D eigenvalue weighted by Gasteiger charge is -2.14. The quantitative estimate of drug-likeness (QED) is 0.739. The zero-order valence-corrected chi connectivity index (χ0v) is 15.2. The van der Waals surface area contributed by atoms with Crippen LogP contribution in [0.3, 0.4) is 0 Å². The molecule has 6 heteroatoms. The number of amides is 2. The molecule has 0 aliphatic carbocycles. The van der Waals surface area contributed by atoms with Gasteiger partial charge in [-0.3, -0.25) is 9.59 Å². The Kier molecular flexibility index (Phi) is 8.11. The molecule has 0 radical (unpaired) electrons. The van der Waals surface area contributed by atoms with Gasteiger partial charge in [-0.05, 0) is 24.6 Å². The topological polar surface area (TPSA) is 84.2 Å². The van der Waals surface area contributed by atoms with E-state index in [0.717, 1.165) is 5.56 Å². The third-order valence-corrected chi connectivity index (χ3v) is 3.80. The predicted octanol–water partition coefficient (Wildman–Crippen LogP) is 2.88. The summed E-state index contributed by atoms with van der Waals surface area (Å²) in [4.78, 5) is 24.4. The lowest BCUT2D eigenvalue weighted by Crippen LogP contribution is -2.29. The molecule has 25 heavy (non-hydrogen) atoms. The molecule has 0 saturated carbocycles. The molecule has 1 atom stereocenters. The fraction of sp³-hybridized carbons (Fsp3) is 0.263. The number of aryl methyl sites for hydroxylation is 1. The van der Waals surface area contributed by atoms with Gasteiger partial charge in [0.2, 0.25) is 5.91 Å². The van der Waals surface area contributed by atoms with Crippen LogP contribution in [0.25, 0.3) is 0 Å². The van der Waals surface area contributed by atoms with Crippen molar-refractivity contribution in [2.24, 2.45) is 11.7 Å². The van der Waals surface area contributed by atoms with Crippen LogP contribution < -0.4 is 16.4 Å². The maximum atomic E-state index is 12.4. The van der Waals surface area contributed by atoms with Crippen LogP contribution in [-0.4, -0.2) is 18.4 Å². The Morgan fingerprint density at radius 3 is 2.36 bits per heavy atom. The number of benzene rings is 2. The number of hydrogen-bond acceptors (Lipinski definition) is 3. The highest BCUT2D eigenvalue weighted by Gasteiger charge is 2.16. The van der Waals surface area contributed by atoms with Crippen LogP contribution in [0.2, 0.25) is 0 Å². The van der Waals surface area contributed by atoms with Crippen LogP contribution in [0.5, 0.6) is 0 Å². The van der Waals surface area contributed by atoms with Crippen molar-refractivity contribution in [1.29, 1.82) is 0 Å². The van der Waals surface area contributed by atoms with Gasteiger partial charge in [0.05, 0.1) is 11.3 Å². The number of nitrogens with two attached hydrogens (primary N) is 1. The summed E-state index contributed by atoms with van der Waals surface area (Å²) in [5, 5.41) is 5.64. The van der Waals surface area contributed by atoms with E-state index < -0.39 is 0 Å². The van der Waals surface area contributed by atoms with Crippen molar-refractivity contribution < 1.29 is 9.59 Å². The normalized spacial score (nSPS) is 11.2. The van der Waals surface area contributed by atoms with Crippen LogP contribution in [0, 0.1) is 12.8 Å². The summed E-state index contributed by atoms with van der Waals surface area (Å²) in [5.74, 6) is -0.739. The van der Waals surface area contributed by atoms with Gasteiger partial charge in [-0.15, -0.1) is 12.4 Å². The SMILES string of the molecule is Cc1ccc(CNC(=O)c2ccccc2NC(=O)C(C)CN)cc1.Cl. The summed E-state index contributed by atoms with van der Waals surface area (Å²) >= 11 is 0. The van der Waals surface area contributed by atoms with Gasteiger partial charge < -0.3 is 16.4 Å². The fourth-order valence-corrected chi connectivity index (χ4v) is 2.14. The first-order chi connectivity index (χ1) is 11.5. The van der Waals surface area contributed by atoms with E-state index in [0.29, 0.717) is 17.8 Å². The second-order valence-electron chi connectivity index (χ2n) is 5.84. The minimum absolute atomic E-state index is 0. The first-order valence-electron chi connectivity index (χ1n) is 7.95. The molecule has 1 unspecified atom stereocenters. The van der Waals surface area contributed by atoms with Crippen LogP contribution in [0.4, 0.5) is 5.69 Å². The number of carbonyl (C=O) groups excluding carboxylic acids is 2. The van der Waals surface area contributed by atoms with Gasteiger partial charge in [-0.1, -0.05) is 48.9 Å². The lowest BCUT2D eigenvalue weighted by atomic mass is 10.1. The highest BCUT2D eigenvalue weighted by atomic mass is 35.5. The zero-order chi connectivity index (χ0) is 17.5. The van der Waals surface area contributed by atoms with E-state index in [-0.39, 0.29) is 36.7 Å². The second kappa shape index (κ2) is 9.81. The Morgan fingerprint density at radius 1 is 1.08 bits per heavy atom. The molecule has 2 aromatic rings. The average Bonchev–Trinajstić information content (AvgIpc) is 2.60. The number of hydrogen-bond donors (Lipinski definition) is 3. The molecule has 0 aromatic heterocycles. The standard InChI is InChI=1S/C19H23N3O2.ClH/c1-13-7-9-15(10-8-13)12-21-19(24)16-5-3-4-6-17(16)22-18(23)14(2)11-20;/h3-10,14H,11-12,20H2,1-2H3,(H,21,24)(H,22,23);1H. The van der Waals surface area contributed by atoms with E-state index in [9.17, 15) is 9.59 Å². The molecule has 0 fully saturated rings. The fourth-order valence-electron chi connectivity index (χ4n) is 2.14. The summed E-state index contributed by atoms with van der Waals surface area (Å²) in [7, 11) is 0. The Labute approximate surface area is 154 Å². The molecule has 0 spiro atoms. The maximum Gasteiger partial charge on any atom is 0.253 e. The summed E-state index contributed by atoms with van der Waals surface area (Å²) in [6.45, 7) is 4.45. The smallest absolute Gasteiger partial charge is 0.253 e. The summed E-state index contributed by atoms with van der Waals surface area (Å²) in [5.41, 5.74) is 8.62. The van der Waals surface area contributed by atoms with Gasteiger partial charge >= 0.3 is 0 Å². The third kappa shape index (κ3) is 5.89. The largest absolute Gasteiger partial charge is 0.348 e. The van der Waals surface area contributed by atoms with E-state index >= 15 is 0 Å². The van der Waals surface area contributed by atoms with Gasteiger partial charge in [0.25, 0.3) is 5.91 Å². The minimum atomic E-state index is -0.311. The zero-order valence-electron chi connectivity index (χ0n) is 14.4. The third-order valence-electron chi connectivity index (χ3n) is 3.80. The molecule has 2 amide bonds. The average molecular weight is 362 g/mol. The van der Waals surface area contributed by atoms with Crippen molar-refractivity contribution in [3.05, 3.63) is 65.2 Å². The molecule has 0 aliphatic heterocycles.